The van der Waals surface area contributed by atoms with Gasteiger partial charge in [-0.05, 0) is 36.5 Å². The third kappa shape index (κ3) is 3.14. The lowest BCUT2D eigenvalue weighted by Gasteiger charge is -2.52. The van der Waals surface area contributed by atoms with Crippen molar-refractivity contribution >= 4 is 5.91 Å². The van der Waals surface area contributed by atoms with Crippen molar-refractivity contribution in [3.8, 4) is 0 Å². The number of piperidine rings is 1. The van der Waals surface area contributed by atoms with Crippen molar-refractivity contribution in [3.63, 3.8) is 0 Å². The maximum atomic E-state index is 13.0. The van der Waals surface area contributed by atoms with Gasteiger partial charge < -0.3 is 10.0 Å². The largest absolute Gasteiger partial charge is 0.385 e. The second-order valence-electron chi connectivity index (χ2n) is 7.62. The summed E-state index contributed by atoms with van der Waals surface area (Å²) in [6.45, 7) is 0.617. The molecule has 2 heterocycles. The van der Waals surface area contributed by atoms with Gasteiger partial charge in [0.25, 0.3) is 0 Å². The quantitative estimate of drug-likeness (QED) is 0.924. The van der Waals surface area contributed by atoms with Gasteiger partial charge in [0, 0.05) is 30.9 Å². The lowest BCUT2D eigenvalue weighted by atomic mass is 9.66. The van der Waals surface area contributed by atoms with Gasteiger partial charge in [-0.25, -0.2) is 0 Å². The Morgan fingerprint density at radius 2 is 1.96 bits per heavy atom. The molecule has 1 aromatic heterocycles. The monoisotopic (exact) mass is 350 g/mol. The van der Waals surface area contributed by atoms with Crippen LogP contribution in [0.4, 0.5) is 0 Å². The molecule has 0 unspecified atom stereocenters. The standard InChI is InChI=1S/C22H26N2O2/c25-21(15-17-7-6-13-23-16-17)24-14-12-22(26,18-8-2-1-3-9-18)19-10-4-5-11-20(19)24/h1-3,6-9,13,16,19-20,26H,4-5,10-12,14-15H2/t19-,20-,22+/m1/s1. The van der Waals surface area contributed by atoms with E-state index in [1.54, 1.807) is 12.4 Å². The topological polar surface area (TPSA) is 53.4 Å². The van der Waals surface area contributed by atoms with Crippen LogP contribution in [0.5, 0.6) is 0 Å². The summed E-state index contributed by atoms with van der Waals surface area (Å²) >= 11 is 0. The lowest BCUT2D eigenvalue weighted by molar-refractivity contribution is -0.154. The molecule has 26 heavy (non-hydrogen) atoms. The van der Waals surface area contributed by atoms with Gasteiger partial charge in [-0.1, -0.05) is 49.2 Å². The van der Waals surface area contributed by atoms with Crippen LogP contribution in [0.3, 0.4) is 0 Å². The van der Waals surface area contributed by atoms with E-state index in [0.29, 0.717) is 19.4 Å². The zero-order valence-corrected chi connectivity index (χ0v) is 15.1. The van der Waals surface area contributed by atoms with E-state index in [2.05, 4.69) is 4.98 Å². The fourth-order valence-corrected chi connectivity index (χ4v) is 4.86. The molecule has 2 aromatic rings. The molecule has 3 atom stereocenters. The molecule has 4 rings (SSSR count). The molecule has 1 N–H and O–H groups in total. The highest BCUT2D eigenvalue weighted by Gasteiger charge is 2.50. The molecule has 136 valence electrons. The third-order valence-corrected chi connectivity index (χ3v) is 6.15. The van der Waals surface area contributed by atoms with Crippen LogP contribution in [-0.2, 0) is 16.8 Å². The number of carbonyl (C=O) groups excluding carboxylic acids is 1. The number of hydrogen-bond acceptors (Lipinski definition) is 3. The number of nitrogens with zero attached hydrogens (tertiary/aromatic N) is 2. The summed E-state index contributed by atoms with van der Waals surface area (Å²) in [6.07, 6.45) is 8.71. The highest BCUT2D eigenvalue weighted by Crippen LogP contribution is 2.47. The van der Waals surface area contributed by atoms with Crippen LogP contribution in [0.25, 0.3) is 0 Å². The summed E-state index contributed by atoms with van der Waals surface area (Å²) in [5.74, 6) is 0.273. The summed E-state index contributed by atoms with van der Waals surface area (Å²) in [5, 5.41) is 11.6. The number of aromatic nitrogens is 1. The van der Waals surface area contributed by atoms with Crippen LogP contribution < -0.4 is 0 Å². The van der Waals surface area contributed by atoms with E-state index in [1.807, 2.05) is 47.4 Å². The molecule has 1 aromatic carbocycles. The number of carbonyl (C=O) groups is 1. The first-order valence-corrected chi connectivity index (χ1v) is 9.65. The van der Waals surface area contributed by atoms with Crippen molar-refractivity contribution in [1.82, 2.24) is 9.88 Å². The molecule has 1 saturated carbocycles. The molecular formula is C22H26N2O2. The van der Waals surface area contributed by atoms with Gasteiger partial charge in [0.15, 0.2) is 0 Å². The molecule has 0 bridgehead atoms. The van der Waals surface area contributed by atoms with E-state index in [-0.39, 0.29) is 17.9 Å². The second kappa shape index (κ2) is 7.20. The van der Waals surface area contributed by atoms with E-state index < -0.39 is 5.60 Å². The Bertz CT molecular complexity index is 749. The Balaban J connectivity index is 1.58. The average molecular weight is 350 g/mol. The van der Waals surface area contributed by atoms with Crippen LogP contribution in [0.1, 0.15) is 43.2 Å². The first-order valence-electron chi connectivity index (χ1n) is 9.65. The van der Waals surface area contributed by atoms with Gasteiger partial charge in [0.05, 0.1) is 12.0 Å². The van der Waals surface area contributed by atoms with E-state index >= 15 is 0 Å². The number of benzene rings is 1. The minimum absolute atomic E-state index is 0.116. The number of pyridine rings is 1. The zero-order valence-electron chi connectivity index (χ0n) is 15.1. The predicted octanol–water partition coefficient (Wildman–Crippen LogP) is 3.30. The van der Waals surface area contributed by atoms with E-state index in [1.165, 1.54) is 0 Å². The van der Waals surface area contributed by atoms with Gasteiger partial charge in [0.2, 0.25) is 5.91 Å². The normalized spacial score (nSPS) is 28.4. The summed E-state index contributed by atoms with van der Waals surface area (Å²) < 4.78 is 0. The van der Waals surface area contributed by atoms with E-state index in [0.717, 1.165) is 36.8 Å². The van der Waals surface area contributed by atoms with Crippen LogP contribution in [0, 0.1) is 5.92 Å². The van der Waals surface area contributed by atoms with E-state index in [9.17, 15) is 9.90 Å². The van der Waals surface area contributed by atoms with Crippen molar-refractivity contribution in [3.05, 3.63) is 66.0 Å². The Morgan fingerprint density at radius 3 is 2.73 bits per heavy atom. The number of likely N-dealkylation sites (tertiary alicyclic amines) is 1. The first kappa shape index (κ1) is 17.2. The van der Waals surface area contributed by atoms with Crippen LogP contribution in [-0.4, -0.2) is 33.5 Å². The van der Waals surface area contributed by atoms with E-state index in [4.69, 9.17) is 0 Å². The summed E-state index contributed by atoms with van der Waals surface area (Å²) in [5.41, 5.74) is 1.13. The molecule has 4 nitrogen and oxygen atoms in total. The van der Waals surface area contributed by atoms with Crippen molar-refractivity contribution in [2.24, 2.45) is 5.92 Å². The molecule has 1 saturated heterocycles. The summed E-state index contributed by atoms with van der Waals surface area (Å²) in [4.78, 5) is 19.1. The molecule has 1 aliphatic carbocycles. The highest BCUT2D eigenvalue weighted by molar-refractivity contribution is 5.79. The third-order valence-electron chi connectivity index (χ3n) is 6.15. The SMILES string of the molecule is O=C(Cc1cccnc1)N1CC[C@](O)(c2ccccc2)[C@@H]2CCCC[C@H]21. The number of fused-ring (bicyclic) bond motifs is 1. The molecule has 1 aliphatic heterocycles. The lowest BCUT2D eigenvalue weighted by Crippen LogP contribution is -2.59. The fraction of sp³-hybridized carbons (Fsp3) is 0.455. The van der Waals surface area contributed by atoms with Crippen molar-refractivity contribution in [2.75, 3.05) is 6.54 Å². The molecule has 2 fully saturated rings. The van der Waals surface area contributed by atoms with Gasteiger partial charge in [-0.2, -0.15) is 0 Å². The zero-order chi connectivity index (χ0) is 18.0. The number of rotatable bonds is 3. The van der Waals surface area contributed by atoms with Crippen molar-refractivity contribution < 1.29 is 9.90 Å². The predicted molar refractivity (Wildman–Crippen MR) is 100 cm³/mol. The Kier molecular flexibility index (Phi) is 4.77. The molecule has 2 aliphatic rings. The fourth-order valence-electron chi connectivity index (χ4n) is 4.86. The minimum Gasteiger partial charge on any atom is -0.385 e. The summed E-state index contributed by atoms with van der Waals surface area (Å²) in [6, 6.07) is 14.0. The second-order valence-corrected chi connectivity index (χ2v) is 7.62. The molecule has 0 radical (unpaired) electrons. The van der Waals surface area contributed by atoms with Crippen LogP contribution in [0.15, 0.2) is 54.9 Å². The molecule has 4 heteroatoms. The maximum Gasteiger partial charge on any atom is 0.227 e. The number of hydrogen-bond donors (Lipinski definition) is 1. The highest BCUT2D eigenvalue weighted by atomic mass is 16.3. The minimum atomic E-state index is -0.822. The van der Waals surface area contributed by atoms with Crippen LogP contribution >= 0.6 is 0 Å². The molecule has 0 spiro atoms. The number of aliphatic hydroxyl groups is 1. The first-order chi connectivity index (χ1) is 12.7. The molecular weight excluding hydrogens is 324 g/mol. The summed E-state index contributed by atoms with van der Waals surface area (Å²) in [7, 11) is 0. The maximum absolute atomic E-state index is 13.0. The molecule has 1 amide bonds. The van der Waals surface area contributed by atoms with Crippen molar-refractivity contribution in [1.29, 1.82) is 0 Å². The number of amides is 1. The Morgan fingerprint density at radius 1 is 1.15 bits per heavy atom. The van der Waals surface area contributed by atoms with Crippen molar-refractivity contribution in [2.45, 2.75) is 50.2 Å². The van der Waals surface area contributed by atoms with Gasteiger partial charge in [-0.3, -0.25) is 9.78 Å². The van der Waals surface area contributed by atoms with Gasteiger partial charge in [-0.15, -0.1) is 0 Å². The Hall–Kier alpha value is -2.20. The Labute approximate surface area is 154 Å². The average Bonchev–Trinajstić information content (AvgIpc) is 2.70. The van der Waals surface area contributed by atoms with Gasteiger partial charge in [0.1, 0.15) is 0 Å². The smallest absolute Gasteiger partial charge is 0.227 e. The van der Waals surface area contributed by atoms with Crippen LogP contribution in [0.2, 0.25) is 0 Å². The van der Waals surface area contributed by atoms with Gasteiger partial charge >= 0.3 is 0 Å².